The molecule has 0 saturated carbocycles. The molecule has 0 amide bonds. The molecule has 0 unspecified atom stereocenters. The number of esters is 1. The second-order valence-electron chi connectivity index (χ2n) is 4.62. The fraction of sp³-hybridized carbons (Fsp3) is 0.133. The molecular weight excluding hydrogens is 329 g/mol. The molecule has 114 valence electrons. The van der Waals surface area contributed by atoms with Crippen molar-refractivity contribution in [1.82, 2.24) is 0 Å². The third-order valence-corrected chi connectivity index (χ3v) is 3.71. The summed E-state index contributed by atoms with van der Waals surface area (Å²) in [6.45, 7) is 0.181. The Balaban J connectivity index is 1.71. The van der Waals surface area contributed by atoms with Gasteiger partial charge in [-0.25, -0.2) is 4.79 Å². The van der Waals surface area contributed by atoms with Gasteiger partial charge in [-0.1, -0.05) is 23.2 Å². The van der Waals surface area contributed by atoms with E-state index in [1.165, 1.54) is 6.07 Å². The molecule has 1 aliphatic heterocycles. The van der Waals surface area contributed by atoms with Gasteiger partial charge >= 0.3 is 5.97 Å². The number of nitrogens with two attached hydrogens (primary N) is 1. The smallest absolute Gasteiger partial charge is 0.338 e. The molecule has 2 aromatic rings. The number of nitrogen functional groups attached to an aromatic ring is 1. The van der Waals surface area contributed by atoms with Gasteiger partial charge in [-0.15, -0.1) is 0 Å². The van der Waals surface area contributed by atoms with E-state index in [1.54, 1.807) is 24.3 Å². The number of fused-ring (bicyclic) bond motifs is 1. The zero-order chi connectivity index (χ0) is 15.7. The number of hydrogen-bond acceptors (Lipinski definition) is 5. The highest BCUT2D eigenvalue weighted by molar-refractivity contribution is 6.33. The maximum absolute atomic E-state index is 12.0. The SMILES string of the molecule is Nc1cc(C(=O)OCc2cc(Cl)c3c(c2)OCO3)ccc1Cl. The van der Waals surface area contributed by atoms with Crippen LogP contribution >= 0.6 is 23.2 Å². The Morgan fingerprint density at radius 3 is 2.77 bits per heavy atom. The highest BCUT2D eigenvalue weighted by Crippen LogP contribution is 2.39. The summed E-state index contributed by atoms with van der Waals surface area (Å²) in [5.41, 5.74) is 7.01. The molecular formula is C15H11Cl2NO4. The van der Waals surface area contributed by atoms with E-state index in [4.69, 9.17) is 43.1 Å². The number of anilines is 1. The lowest BCUT2D eigenvalue weighted by molar-refractivity contribution is 0.0472. The molecule has 1 aliphatic rings. The summed E-state index contributed by atoms with van der Waals surface area (Å²) in [5.74, 6) is 0.536. The van der Waals surface area contributed by atoms with Crippen LogP contribution in [-0.2, 0) is 11.3 Å². The van der Waals surface area contributed by atoms with Crippen LogP contribution in [0.5, 0.6) is 11.5 Å². The molecule has 0 spiro atoms. The fourth-order valence-corrected chi connectivity index (χ4v) is 2.41. The van der Waals surface area contributed by atoms with Crippen LogP contribution in [0.2, 0.25) is 10.0 Å². The number of halogens is 2. The molecule has 5 nitrogen and oxygen atoms in total. The van der Waals surface area contributed by atoms with Gasteiger partial charge in [0, 0.05) is 0 Å². The van der Waals surface area contributed by atoms with Crippen molar-refractivity contribution in [2.45, 2.75) is 6.61 Å². The van der Waals surface area contributed by atoms with Gasteiger partial charge in [0.15, 0.2) is 11.5 Å². The van der Waals surface area contributed by atoms with Crippen molar-refractivity contribution >= 4 is 34.9 Å². The van der Waals surface area contributed by atoms with E-state index in [-0.39, 0.29) is 13.4 Å². The van der Waals surface area contributed by atoms with Gasteiger partial charge in [0.1, 0.15) is 6.61 Å². The summed E-state index contributed by atoms with van der Waals surface area (Å²) >= 11 is 11.9. The Morgan fingerprint density at radius 1 is 1.18 bits per heavy atom. The number of carbonyl (C=O) groups is 1. The summed E-state index contributed by atoms with van der Waals surface area (Å²) in [4.78, 5) is 12.0. The summed E-state index contributed by atoms with van der Waals surface area (Å²) in [7, 11) is 0. The van der Waals surface area contributed by atoms with Crippen molar-refractivity contribution in [3.8, 4) is 11.5 Å². The first-order valence-corrected chi connectivity index (χ1v) is 7.10. The van der Waals surface area contributed by atoms with Crippen molar-refractivity contribution in [1.29, 1.82) is 0 Å². The average molecular weight is 340 g/mol. The van der Waals surface area contributed by atoms with E-state index in [0.29, 0.717) is 38.4 Å². The number of benzene rings is 2. The second-order valence-corrected chi connectivity index (χ2v) is 5.44. The number of carbonyl (C=O) groups excluding carboxylic acids is 1. The molecule has 0 radical (unpaired) electrons. The molecule has 7 heteroatoms. The van der Waals surface area contributed by atoms with Crippen LogP contribution in [0.15, 0.2) is 30.3 Å². The second kappa shape index (κ2) is 5.94. The summed E-state index contributed by atoms with van der Waals surface area (Å²) < 4.78 is 15.7. The molecule has 1 heterocycles. The molecule has 0 bridgehead atoms. The lowest BCUT2D eigenvalue weighted by Crippen LogP contribution is -2.06. The van der Waals surface area contributed by atoms with Gasteiger partial charge in [-0.05, 0) is 35.9 Å². The van der Waals surface area contributed by atoms with Crippen molar-refractivity contribution < 1.29 is 19.0 Å². The van der Waals surface area contributed by atoms with Gasteiger partial charge < -0.3 is 19.9 Å². The first kappa shape index (κ1) is 14.8. The van der Waals surface area contributed by atoms with Crippen LogP contribution < -0.4 is 15.2 Å². The normalized spacial score (nSPS) is 12.3. The van der Waals surface area contributed by atoms with Gasteiger partial charge in [-0.2, -0.15) is 0 Å². The van der Waals surface area contributed by atoms with Crippen molar-refractivity contribution in [3.63, 3.8) is 0 Å². The minimum atomic E-state index is -0.503. The Bertz CT molecular complexity index is 749. The van der Waals surface area contributed by atoms with Gasteiger partial charge in [0.25, 0.3) is 0 Å². The lowest BCUT2D eigenvalue weighted by atomic mass is 10.2. The minimum Gasteiger partial charge on any atom is -0.457 e. The summed E-state index contributed by atoms with van der Waals surface area (Å²) in [5, 5.41) is 0.802. The van der Waals surface area contributed by atoms with E-state index in [2.05, 4.69) is 0 Å². The minimum absolute atomic E-state index is 0.0533. The van der Waals surface area contributed by atoms with E-state index >= 15 is 0 Å². The molecule has 0 aromatic heterocycles. The maximum Gasteiger partial charge on any atom is 0.338 e. The van der Waals surface area contributed by atoms with Gasteiger partial charge in [0.2, 0.25) is 6.79 Å². The van der Waals surface area contributed by atoms with Crippen molar-refractivity contribution in [3.05, 3.63) is 51.5 Å². The molecule has 2 N–H and O–H groups in total. The predicted molar refractivity (Wildman–Crippen MR) is 82.6 cm³/mol. The van der Waals surface area contributed by atoms with Gasteiger partial charge in [-0.3, -0.25) is 0 Å². The zero-order valence-corrected chi connectivity index (χ0v) is 12.8. The highest BCUT2D eigenvalue weighted by atomic mass is 35.5. The van der Waals surface area contributed by atoms with Crippen LogP contribution in [-0.4, -0.2) is 12.8 Å². The van der Waals surface area contributed by atoms with Crippen LogP contribution in [0.1, 0.15) is 15.9 Å². The molecule has 2 aromatic carbocycles. The standard InChI is InChI=1S/C15H11Cl2NO4/c16-10-2-1-9(5-12(10)18)15(19)20-6-8-3-11(17)14-13(4-8)21-7-22-14/h1-5H,6-7,18H2. The molecule has 0 saturated heterocycles. The van der Waals surface area contributed by atoms with E-state index in [1.807, 2.05) is 0 Å². The maximum atomic E-state index is 12.0. The zero-order valence-electron chi connectivity index (χ0n) is 11.3. The Labute approximate surface area is 136 Å². The van der Waals surface area contributed by atoms with Crippen LogP contribution in [0.3, 0.4) is 0 Å². The lowest BCUT2D eigenvalue weighted by Gasteiger charge is -2.08. The monoisotopic (exact) mass is 339 g/mol. The summed E-state index contributed by atoms with van der Waals surface area (Å²) in [6.07, 6.45) is 0. The van der Waals surface area contributed by atoms with Crippen molar-refractivity contribution in [2.75, 3.05) is 12.5 Å². The third-order valence-electron chi connectivity index (χ3n) is 3.09. The summed E-state index contributed by atoms with van der Waals surface area (Å²) in [6, 6.07) is 7.95. The molecule has 0 fully saturated rings. The number of rotatable bonds is 3. The molecule has 3 rings (SSSR count). The quantitative estimate of drug-likeness (QED) is 0.682. The van der Waals surface area contributed by atoms with Crippen LogP contribution in [0, 0.1) is 0 Å². The van der Waals surface area contributed by atoms with E-state index < -0.39 is 5.97 Å². The van der Waals surface area contributed by atoms with Crippen LogP contribution in [0.25, 0.3) is 0 Å². The topological polar surface area (TPSA) is 70.8 Å². The van der Waals surface area contributed by atoms with Crippen molar-refractivity contribution in [2.24, 2.45) is 0 Å². The predicted octanol–water partition coefficient (Wildman–Crippen LogP) is 3.66. The Kier molecular flexibility index (Phi) is 4.00. The largest absolute Gasteiger partial charge is 0.457 e. The third kappa shape index (κ3) is 2.91. The Hall–Kier alpha value is -2.11. The van der Waals surface area contributed by atoms with Gasteiger partial charge in [0.05, 0.1) is 21.3 Å². The van der Waals surface area contributed by atoms with E-state index in [9.17, 15) is 4.79 Å². The molecule has 0 aliphatic carbocycles. The van der Waals surface area contributed by atoms with Crippen LogP contribution in [0.4, 0.5) is 5.69 Å². The Morgan fingerprint density at radius 2 is 2.00 bits per heavy atom. The van der Waals surface area contributed by atoms with E-state index in [0.717, 1.165) is 0 Å². The fourth-order valence-electron chi connectivity index (χ4n) is 2.01. The first-order valence-electron chi connectivity index (χ1n) is 6.35. The number of hydrogen-bond donors (Lipinski definition) is 1. The molecule has 22 heavy (non-hydrogen) atoms. The average Bonchev–Trinajstić information content (AvgIpc) is 2.96. The number of ether oxygens (including phenoxy) is 3. The molecule has 0 atom stereocenters. The first-order chi connectivity index (χ1) is 10.5. The highest BCUT2D eigenvalue weighted by Gasteiger charge is 2.19.